The molecule has 0 spiro atoms. The Labute approximate surface area is 85.9 Å². The molecule has 0 unspecified atom stereocenters. The van der Waals surface area contributed by atoms with E-state index in [1.54, 1.807) is 0 Å². The van der Waals surface area contributed by atoms with Gasteiger partial charge in [-0.1, -0.05) is 47.7 Å². The molecule has 0 bridgehead atoms. The highest BCUT2D eigenvalue weighted by Crippen LogP contribution is 2.26. The van der Waals surface area contributed by atoms with E-state index >= 15 is 0 Å². The van der Waals surface area contributed by atoms with Crippen molar-refractivity contribution in [3.63, 3.8) is 0 Å². The number of allylic oxidation sites excluding steroid dienone is 3. The molecule has 0 saturated carbocycles. The lowest BCUT2D eigenvalue weighted by Gasteiger charge is -2.17. The fourth-order valence-electron chi connectivity index (χ4n) is 1.24. The van der Waals surface area contributed by atoms with Crippen molar-refractivity contribution >= 4 is 24.0 Å². The Balaban J connectivity index is 4.49. The summed E-state index contributed by atoms with van der Waals surface area (Å²) in [5.41, 5.74) is 2.58. The zero-order chi connectivity index (χ0) is 9.94. The summed E-state index contributed by atoms with van der Waals surface area (Å²) in [4.78, 5) is 0. The number of halogens is 1. The molecule has 0 aliphatic rings. The van der Waals surface area contributed by atoms with Crippen LogP contribution < -0.4 is 0 Å². The molecule has 0 heterocycles. The lowest BCUT2D eigenvalue weighted by Crippen LogP contribution is -2.19. The van der Waals surface area contributed by atoms with Crippen LogP contribution in [0, 0.1) is 0 Å². The first-order valence-electron chi connectivity index (χ1n) is 4.25. The van der Waals surface area contributed by atoms with Gasteiger partial charge in [0, 0.05) is 12.6 Å². The molecule has 0 aliphatic heterocycles. The summed E-state index contributed by atoms with van der Waals surface area (Å²) in [5.74, 6) is 0. The molecule has 0 amide bonds. The zero-order valence-corrected chi connectivity index (χ0v) is 11.4. The number of hydrogen-bond acceptors (Lipinski definition) is 0. The van der Waals surface area contributed by atoms with Gasteiger partial charge in [0.25, 0.3) is 0 Å². The van der Waals surface area contributed by atoms with Crippen molar-refractivity contribution in [3.05, 3.63) is 22.2 Å². The van der Waals surface area contributed by atoms with Gasteiger partial charge in [0.1, 0.15) is 0 Å². The van der Waals surface area contributed by atoms with Crippen molar-refractivity contribution in [1.29, 1.82) is 0 Å². The fraction of sp³-hybridized carbons (Fsp3) is 0.600. The molecule has 12 heavy (non-hydrogen) atoms. The molecule has 70 valence electrons. The van der Waals surface area contributed by atoms with E-state index in [1.165, 1.54) is 16.1 Å². The van der Waals surface area contributed by atoms with Crippen molar-refractivity contribution in [3.8, 4) is 0 Å². The maximum atomic E-state index is 3.92. The van der Waals surface area contributed by atoms with E-state index in [1.807, 2.05) is 6.92 Å². The standard InChI is InChI=1S/C10H19BrSi/c1-8(2)10(11)9(3)7-12(4,5)6/h1,7H2,2-6H3/b10-9-. The van der Waals surface area contributed by atoms with E-state index in [9.17, 15) is 0 Å². The van der Waals surface area contributed by atoms with Gasteiger partial charge in [0.05, 0.1) is 0 Å². The van der Waals surface area contributed by atoms with Crippen molar-refractivity contribution in [2.45, 2.75) is 39.5 Å². The van der Waals surface area contributed by atoms with Crippen LogP contribution in [0.3, 0.4) is 0 Å². The van der Waals surface area contributed by atoms with Crippen LogP contribution in [-0.2, 0) is 0 Å². The summed E-state index contributed by atoms with van der Waals surface area (Å²) in [7, 11) is -0.958. The minimum absolute atomic E-state index is 0.958. The van der Waals surface area contributed by atoms with Crippen LogP contribution in [0.5, 0.6) is 0 Å². The minimum Gasteiger partial charge on any atom is -0.0950 e. The Morgan fingerprint density at radius 1 is 1.25 bits per heavy atom. The molecular formula is C10H19BrSi. The topological polar surface area (TPSA) is 0 Å². The van der Waals surface area contributed by atoms with E-state index < -0.39 is 8.07 Å². The Morgan fingerprint density at radius 2 is 1.67 bits per heavy atom. The molecule has 0 aromatic heterocycles. The lowest BCUT2D eigenvalue weighted by atomic mass is 10.2. The van der Waals surface area contributed by atoms with E-state index in [4.69, 9.17) is 0 Å². The summed E-state index contributed by atoms with van der Waals surface area (Å²) >= 11 is 3.56. The van der Waals surface area contributed by atoms with E-state index in [0.29, 0.717) is 0 Å². The third-order valence-corrected chi connectivity index (χ3v) is 4.49. The summed E-state index contributed by atoms with van der Waals surface area (Å²) in [5, 5.41) is 0. The van der Waals surface area contributed by atoms with Crippen LogP contribution in [0.1, 0.15) is 13.8 Å². The first-order chi connectivity index (χ1) is 5.24. The Bertz CT molecular complexity index is 208. The highest BCUT2D eigenvalue weighted by atomic mass is 79.9. The summed E-state index contributed by atoms with van der Waals surface area (Å²) < 4.78 is 1.21. The SMILES string of the molecule is C=C(C)/C(Br)=C(\C)C[Si](C)(C)C. The average Bonchev–Trinajstić information content (AvgIpc) is 1.82. The second kappa shape index (κ2) is 4.42. The predicted octanol–water partition coefficient (Wildman–Crippen LogP) is 4.57. The zero-order valence-electron chi connectivity index (χ0n) is 8.79. The van der Waals surface area contributed by atoms with Gasteiger partial charge in [0.15, 0.2) is 0 Å². The maximum Gasteiger partial charge on any atom is 0.0483 e. The molecular weight excluding hydrogens is 228 g/mol. The predicted molar refractivity (Wildman–Crippen MR) is 64.6 cm³/mol. The van der Waals surface area contributed by atoms with Gasteiger partial charge in [-0.05, 0) is 25.5 Å². The maximum absolute atomic E-state index is 3.92. The highest BCUT2D eigenvalue weighted by Gasteiger charge is 2.14. The molecule has 0 aromatic carbocycles. The van der Waals surface area contributed by atoms with Crippen LogP contribution >= 0.6 is 15.9 Å². The van der Waals surface area contributed by atoms with Gasteiger partial charge in [-0.25, -0.2) is 0 Å². The third kappa shape index (κ3) is 4.94. The summed E-state index contributed by atoms with van der Waals surface area (Å²) in [6, 6.07) is 1.25. The molecule has 0 radical (unpaired) electrons. The quantitative estimate of drug-likeness (QED) is 0.506. The molecule has 0 nitrogen and oxygen atoms in total. The smallest absolute Gasteiger partial charge is 0.0483 e. The Morgan fingerprint density at radius 3 is 1.92 bits per heavy atom. The molecule has 0 rings (SSSR count). The van der Waals surface area contributed by atoms with Crippen molar-refractivity contribution in [1.82, 2.24) is 0 Å². The number of hydrogen-bond donors (Lipinski definition) is 0. The van der Waals surface area contributed by atoms with Crippen molar-refractivity contribution in [2.75, 3.05) is 0 Å². The average molecular weight is 247 g/mol. The van der Waals surface area contributed by atoms with Crippen LogP contribution in [0.4, 0.5) is 0 Å². The summed E-state index contributed by atoms with van der Waals surface area (Å²) in [6.45, 7) is 15.3. The molecule has 0 aromatic rings. The van der Waals surface area contributed by atoms with Gasteiger partial charge in [-0.2, -0.15) is 0 Å². The molecule has 2 heteroatoms. The van der Waals surface area contributed by atoms with E-state index in [0.717, 1.165) is 5.57 Å². The highest BCUT2D eigenvalue weighted by molar-refractivity contribution is 9.12. The van der Waals surface area contributed by atoms with Gasteiger partial charge >= 0.3 is 0 Å². The van der Waals surface area contributed by atoms with Gasteiger partial charge in [0.2, 0.25) is 0 Å². The van der Waals surface area contributed by atoms with Crippen molar-refractivity contribution < 1.29 is 0 Å². The van der Waals surface area contributed by atoms with E-state index in [-0.39, 0.29) is 0 Å². The van der Waals surface area contributed by atoms with Crippen molar-refractivity contribution in [2.24, 2.45) is 0 Å². The van der Waals surface area contributed by atoms with Gasteiger partial charge in [-0.15, -0.1) is 0 Å². The lowest BCUT2D eigenvalue weighted by molar-refractivity contribution is 1.28. The third-order valence-electron chi connectivity index (χ3n) is 1.54. The largest absolute Gasteiger partial charge is 0.0950 e. The minimum atomic E-state index is -0.958. The van der Waals surface area contributed by atoms with Crippen LogP contribution in [0.25, 0.3) is 0 Å². The molecule has 0 fully saturated rings. The van der Waals surface area contributed by atoms with Crippen LogP contribution in [0.15, 0.2) is 22.2 Å². The summed E-state index contributed by atoms with van der Waals surface area (Å²) in [6.07, 6.45) is 0. The van der Waals surface area contributed by atoms with Gasteiger partial charge in [-0.3, -0.25) is 0 Å². The molecule has 0 atom stereocenters. The number of rotatable bonds is 3. The molecule has 0 saturated heterocycles. The fourth-order valence-corrected chi connectivity index (χ4v) is 3.40. The van der Waals surface area contributed by atoms with Crippen LogP contribution in [-0.4, -0.2) is 8.07 Å². The second-order valence-corrected chi connectivity index (χ2v) is 10.9. The van der Waals surface area contributed by atoms with E-state index in [2.05, 4.69) is 49.1 Å². The first-order valence-corrected chi connectivity index (χ1v) is 8.75. The molecule has 0 aliphatic carbocycles. The van der Waals surface area contributed by atoms with Crippen LogP contribution in [0.2, 0.25) is 25.7 Å². The Hall–Kier alpha value is 0.177. The molecule has 0 N–H and O–H groups in total. The monoisotopic (exact) mass is 246 g/mol. The normalized spacial score (nSPS) is 14.2. The van der Waals surface area contributed by atoms with Gasteiger partial charge < -0.3 is 0 Å². The second-order valence-electron chi connectivity index (χ2n) is 4.61. The first kappa shape index (κ1) is 12.2. The Kier molecular flexibility index (Phi) is 4.49.